The number of carbonyl (C=O) groups excluding carboxylic acids is 5. The average Bonchev–Trinajstić information content (AvgIpc) is 3.29. The summed E-state index contributed by atoms with van der Waals surface area (Å²) in [6.45, 7) is 16.2. The number of carbonyl (C=O) groups is 5. The number of nitrogens with zero attached hydrogens (tertiary/aromatic N) is 2. The summed E-state index contributed by atoms with van der Waals surface area (Å²) in [5.74, 6) is -3.58. The van der Waals surface area contributed by atoms with E-state index in [1.54, 1.807) is 62.8 Å². The van der Waals surface area contributed by atoms with Gasteiger partial charge in [0.25, 0.3) is 0 Å². The van der Waals surface area contributed by atoms with Crippen LogP contribution in [0.2, 0.25) is 0 Å². The lowest BCUT2D eigenvalue weighted by Gasteiger charge is -2.54. The highest BCUT2D eigenvalue weighted by atomic mass is 16.6. The summed E-state index contributed by atoms with van der Waals surface area (Å²) < 4.78 is 46.5. The molecular formula is C52H60N2O16. The Labute approximate surface area is 404 Å². The molecule has 374 valence electrons. The Hall–Kier alpha value is -6.69. The quantitative estimate of drug-likeness (QED) is 0.121. The third kappa shape index (κ3) is 9.74. The van der Waals surface area contributed by atoms with Crippen molar-refractivity contribution in [3.05, 3.63) is 93.2 Å². The molecule has 18 nitrogen and oxygen atoms in total. The molecule has 6 heterocycles. The normalized spacial score (nSPS) is 28.0. The SMILES string of the molecule is CCC(C)(OC(C)=O)[C@@H]1C[C@H](OC(C)=O)[C@@]2(C)Oc3cc(-c4cccnc4)oc(=O)c3C(=O)[C@@H]2C1.CCC(C)(OC(C)=O)[C@@H]1C[C@H](OC(C)=O)[C@@]2(C)Oc3cc(-c4cccnc4)oc(=O)c3[C@@H](O)[C@@H]2C1. The van der Waals surface area contributed by atoms with Crippen LogP contribution < -0.4 is 20.7 Å². The van der Waals surface area contributed by atoms with E-state index in [9.17, 15) is 38.7 Å². The van der Waals surface area contributed by atoms with Gasteiger partial charge in [0.1, 0.15) is 63.2 Å². The van der Waals surface area contributed by atoms with Crippen LogP contribution in [-0.4, -0.2) is 79.3 Å². The Morgan fingerprint density at radius 3 is 1.63 bits per heavy atom. The smallest absolute Gasteiger partial charge is 0.351 e. The van der Waals surface area contributed by atoms with Crippen molar-refractivity contribution in [3.63, 3.8) is 0 Å². The van der Waals surface area contributed by atoms with Crippen molar-refractivity contribution in [1.29, 1.82) is 0 Å². The number of aromatic nitrogens is 2. The molecule has 4 aliphatic rings. The van der Waals surface area contributed by atoms with Crippen LogP contribution in [0.5, 0.6) is 11.5 Å². The predicted octanol–water partition coefficient (Wildman–Crippen LogP) is 7.30. The third-order valence-electron chi connectivity index (χ3n) is 14.9. The molecule has 0 radical (unpaired) electrons. The van der Waals surface area contributed by atoms with Gasteiger partial charge >= 0.3 is 35.1 Å². The second kappa shape index (κ2) is 19.6. The van der Waals surface area contributed by atoms with E-state index in [0.29, 0.717) is 43.2 Å². The van der Waals surface area contributed by atoms with Gasteiger partial charge in [-0.3, -0.25) is 33.9 Å². The van der Waals surface area contributed by atoms with Crippen LogP contribution >= 0.6 is 0 Å². The molecule has 8 rings (SSSR count). The standard InChI is InChI=1S/C26H31NO8.C26H29NO8/c2*1-6-25(4,34-15(3)29)17-10-18-23(30)22-20(35-26(18,5)21(11-17)32-14(2)28)12-19(33-24(22)31)16-8-7-9-27-13-16/h7-9,12-13,17-18,21,23,30H,6,10-11H2,1-5H3;7-9,12-13,17-18,21H,6,10-11H2,1-5H3/t17-,18-,21-,23-,25?,26-;17-,18-,21-,25?,26-/m00/s1. The Bertz CT molecular complexity index is 2780. The van der Waals surface area contributed by atoms with E-state index < -0.39 is 93.5 Å². The van der Waals surface area contributed by atoms with Crippen LogP contribution in [-0.2, 0) is 38.1 Å². The number of esters is 4. The summed E-state index contributed by atoms with van der Waals surface area (Å²) in [5, 5.41) is 11.5. The topological polar surface area (TPSA) is 247 Å². The van der Waals surface area contributed by atoms with Crippen molar-refractivity contribution in [2.24, 2.45) is 23.7 Å². The molecule has 1 N–H and O–H groups in total. The monoisotopic (exact) mass is 968 g/mol. The van der Waals surface area contributed by atoms with Crippen molar-refractivity contribution in [2.45, 2.75) is 148 Å². The van der Waals surface area contributed by atoms with Gasteiger partial charge < -0.3 is 42.4 Å². The van der Waals surface area contributed by atoms with E-state index in [-0.39, 0.29) is 52.4 Å². The number of aliphatic hydroxyl groups is 1. The lowest BCUT2D eigenvalue weighted by Crippen LogP contribution is -2.63. The number of ether oxygens (including phenoxy) is 6. The van der Waals surface area contributed by atoms with Crippen LogP contribution in [0, 0.1) is 23.7 Å². The highest BCUT2D eigenvalue weighted by Gasteiger charge is 2.62. The van der Waals surface area contributed by atoms with Gasteiger partial charge in [0.2, 0.25) is 0 Å². The number of Topliss-reactive ketones (excluding diaryl/α,β-unsaturated/α-hetero) is 1. The highest BCUT2D eigenvalue weighted by Crippen LogP contribution is 2.55. The molecule has 4 aromatic heterocycles. The minimum absolute atomic E-state index is 0.0213. The number of rotatable bonds is 10. The molecule has 0 spiro atoms. The number of aliphatic hydroxyl groups excluding tert-OH is 1. The molecule has 2 fully saturated rings. The van der Waals surface area contributed by atoms with Crippen LogP contribution in [0.25, 0.3) is 22.6 Å². The van der Waals surface area contributed by atoms with Crippen LogP contribution in [0.3, 0.4) is 0 Å². The zero-order valence-corrected chi connectivity index (χ0v) is 41.0. The molecule has 0 amide bonds. The summed E-state index contributed by atoms with van der Waals surface area (Å²) in [6, 6.07) is 9.94. The van der Waals surface area contributed by atoms with E-state index in [2.05, 4.69) is 9.97 Å². The number of fused-ring (bicyclic) bond motifs is 4. The number of hydrogen-bond donors (Lipinski definition) is 1. The Morgan fingerprint density at radius 1 is 0.686 bits per heavy atom. The van der Waals surface area contributed by atoms with E-state index in [1.807, 2.05) is 27.7 Å². The van der Waals surface area contributed by atoms with Crippen molar-refractivity contribution < 1.29 is 66.3 Å². The Balaban J connectivity index is 0.000000206. The summed E-state index contributed by atoms with van der Waals surface area (Å²) in [7, 11) is 0. The molecule has 18 heteroatoms. The summed E-state index contributed by atoms with van der Waals surface area (Å²) in [4.78, 5) is 95.5. The lowest BCUT2D eigenvalue weighted by molar-refractivity contribution is -0.209. The molecule has 2 aliphatic heterocycles. The number of hydrogen-bond acceptors (Lipinski definition) is 18. The van der Waals surface area contributed by atoms with Gasteiger partial charge in [-0.05, 0) is 90.5 Å². The molecule has 70 heavy (non-hydrogen) atoms. The number of ketones is 1. The molecule has 11 atom stereocenters. The molecule has 4 aromatic rings. The molecule has 2 unspecified atom stereocenters. The fraction of sp³-hybridized carbons (Fsp3) is 0.519. The molecular weight excluding hydrogens is 909 g/mol. The zero-order valence-electron chi connectivity index (χ0n) is 41.0. The highest BCUT2D eigenvalue weighted by molar-refractivity contribution is 6.02. The van der Waals surface area contributed by atoms with Gasteiger partial charge in [0, 0.05) is 93.5 Å². The van der Waals surface area contributed by atoms with Crippen molar-refractivity contribution in [3.8, 4) is 34.1 Å². The lowest BCUT2D eigenvalue weighted by atomic mass is 9.61. The first kappa shape index (κ1) is 51.2. The Kier molecular flexibility index (Phi) is 14.3. The third-order valence-corrected chi connectivity index (χ3v) is 14.9. The minimum atomic E-state index is -1.23. The molecule has 2 aliphatic carbocycles. The van der Waals surface area contributed by atoms with Crippen LogP contribution in [0.15, 0.2) is 79.6 Å². The van der Waals surface area contributed by atoms with E-state index in [4.69, 9.17) is 37.3 Å². The average molecular weight is 969 g/mol. The van der Waals surface area contributed by atoms with Gasteiger partial charge in [-0.25, -0.2) is 9.59 Å². The maximum absolute atomic E-state index is 13.7. The van der Waals surface area contributed by atoms with E-state index in [0.717, 1.165) is 0 Å². The molecule has 0 bridgehead atoms. The molecule has 0 aromatic carbocycles. The molecule has 0 saturated heterocycles. The van der Waals surface area contributed by atoms with E-state index >= 15 is 0 Å². The largest absolute Gasteiger partial charge is 0.482 e. The fourth-order valence-electron chi connectivity index (χ4n) is 10.8. The second-order valence-electron chi connectivity index (χ2n) is 19.4. The van der Waals surface area contributed by atoms with E-state index in [1.165, 1.54) is 40.0 Å². The number of pyridine rings is 2. The summed E-state index contributed by atoms with van der Waals surface area (Å²) in [6.07, 6.45) is 5.88. The van der Waals surface area contributed by atoms with Crippen LogP contribution in [0.4, 0.5) is 0 Å². The van der Waals surface area contributed by atoms with Gasteiger partial charge in [-0.2, -0.15) is 0 Å². The van der Waals surface area contributed by atoms with Crippen molar-refractivity contribution in [1.82, 2.24) is 9.97 Å². The zero-order chi connectivity index (χ0) is 51.1. The van der Waals surface area contributed by atoms with Gasteiger partial charge in [0.15, 0.2) is 11.4 Å². The maximum Gasteiger partial charge on any atom is 0.351 e. The first-order chi connectivity index (χ1) is 33.0. The minimum Gasteiger partial charge on any atom is -0.482 e. The second-order valence-corrected chi connectivity index (χ2v) is 19.4. The summed E-state index contributed by atoms with van der Waals surface area (Å²) >= 11 is 0. The first-order valence-corrected chi connectivity index (χ1v) is 23.5. The van der Waals surface area contributed by atoms with Gasteiger partial charge in [-0.15, -0.1) is 0 Å². The Morgan fingerprint density at radius 2 is 1.16 bits per heavy atom. The van der Waals surface area contributed by atoms with Crippen LogP contribution in [0.1, 0.15) is 130 Å². The predicted molar refractivity (Wildman–Crippen MR) is 248 cm³/mol. The van der Waals surface area contributed by atoms with Gasteiger partial charge in [-0.1, -0.05) is 13.8 Å². The van der Waals surface area contributed by atoms with Crippen molar-refractivity contribution in [2.75, 3.05) is 0 Å². The fourth-order valence-corrected chi connectivity index (χ4v) is 10.8. The summed E-state index contributed by atoms with van der Waals surface area (Å²) in [5.41, 5.74) is -4.62. The first-order valence-electron chi connectivity index (χ1n) is 23.5. The maximum atomic E-state index is 13.7. The van der Waals surface area contributed by atoms with Crippen molar-refractivity contribution >= 4 is 29.7 Å². The molecule has 2 saturated carbocycles. The van der Waals surface area contributed by atoms with Gasteiger partial charge in [0.05, 0.1) is 12.0 Å².